The minimum atomic E-state index is 0.0784. The van der Waals surface area contributed by atoms with Crippen LogP contribution < -0.4 is 0 Å². The van der Waals surface area contributed by atoms with Gasteiger partial charge in [0.15, 0.2) is 10.6 Å². The zero-order valence-corrected chi connectivity index (χ0v) is 10.6. The van der Waals surface area contributed by atoms with Gasteiger partial charge in [-0.25, -0.2) is 0 Å². The van der Waals surface area contributed by atoms with Crippen LogP contribution in [0.4, 0.5) is 0 Å². The highest BCUT2D eigenvalue weighted by molar-refractivity contribution is 7.71. The highest BCUT2D eigenvalue weighted by atomic mass is 32.1. The summed E-state index contributed by atoms with van der Waals surface area (Å²) < 4.78 is 7.75. The Morgan fingerprint density at radius 3 is 3.06 bits per heavy atom. The zero-order chi connectivity index (χ0) is 12.3. The molecule has 0 bridgehead atoms. The quantitative estimate of drug-likeness (QED) is 0.844. The number of nitrogens with one attached hydrogen (secondary N) is 1. The molecule has 0 radical (unpaired) electrons. The van der Waals surface area contributed by atoms with Crippen LogP contribution in [0.1, 0.15) is 6.92 Å². The number of hydrogen-bond donors (Lipinski definition) is 1. The molecule has 2 aromatic rings. The summed E-state index contributed by atoms with van der Waals surface area (Å²) in [7, 11) is 1.68. The van der Waals surface area contributed by atoms with Crippen molar-refractivity contribution in [1.29, 1.82) is 0 Å². The second kappa shape index (κ2) is 5.20. The molecule has 17 heavy (non-hydrogen) atoms. The molecule has 90 valence electrons. The highest BCUT2D eigenvalue weighted by Crippen LogP contribution is 2.16. The van der Waals surface area contributed by atoms with Crippen LogP contribution in [-0.4, -0.2) is 33.0 Å². The van der Waals surface area contributed by atoms with Crippen LogP contribution in [0.15, 0.2) is 24.5 Å². The Balaban J connectivity index is 2.39. The Bertz CT molecular complexity index is 534. The molecule has 0 fully saturated rings. The standard InChI is InChI=1S/C11H14N4OS/c1-8(16-2)7-15-10(13-14-11(15)17)9-4-3-5-12-6-9/h3-6,8H,7H2,1-2H3,(H,14,17). The average molecular weight is 250 g/mol. The van der Waals surface area contributed by atoms with Crippen molar-refractivity contribution in [2.24, 2.45) is 0 Å². The molecule has 5 nitrogen and oxygen atoms in total. The predicted octanol–water partition coefficient (Wildman–Crippen LogP) is 2.04. The summed E-state index contributed by atoms with van der Waals surface area (Å²) in [5.74, 6) is 0.784. The smallest absolute Gasteiger partial charge is 0.195 e. The molecule has 2 rings (SSSR count). The number of rotatable bonds is 4. The van der Waals surface area contributed by atoms with E-state index in [9.17, 15) is 0 Å². The number of aromatic amines is 1. The number of pyridine rings is 1. The van der Waals surface area contributed by atoms with Gasteiger partial charge in [-0.2, -0.15) is 5.10 Å². The maximum Gasteiger partial charge on any atom is 0.195 e. The van der Waals surface area contributed by atoms with E-state index in [1.807, 2.05) is 23.6 Å². The van der Waals surface area contributed by atoms with E-state index in [2.05, 4.69) is 15.2 Å². The third kappa shape index (κ3) is 2.59. The van der Waals surface area contributed by atoms with Gasteiger partial charge in [0.1, 0.15) is 0 Å². The van der Waals surface area contributed by atoms with Crippen molar-refractivity contribution in [1.82, 2.24) is 19.7 Å². The van der Waals surface area contributed by atoms with E-state index < -0.39 is 0 Å². The van der Waals surface area contributed by atoms with Crippen molar-refractivity contribution in [2.75, 3.05) is 7.11 Å². The lowest BCUT2D eigenvalue weighted by molar-refractivity contribution is 0.103. The Kier molecular flexibility index (Phi) is 3.65. The van der Waals surface area contributed by atoms with Crippen LogP contribution in [0.5, 0.6) is 0 Å². The number of nitrogens with zero attached hydrogens (tertiary/aromatic N) is 3. The third-order valence-corrected chi connectivity index (χ3v) is 2.83. The molecule has 1 unspecified atom stereocenters. The van der Waals surface area contributed by atoms with Gasteiger partial charge in [0.05, 0.1) is 12.6 Å². The molecule has 2 aromatic heterocycles. The number of aromatic nitrogens is 4. The first-order chi connectivity index (χ1) is 8.22. The van der Waals surface area contributed by atoms with Crippen LogP contribution in [0.2, 0.25) is 0 Å². The van der Waals surface area contributed by atoms with E-state index in [1.54, 1.807) is 19.5 Å². The zero-order valence-electron chi connectivity index (χ0n) is 9.75. The lowest BCUT2D eigenvalue weighted by atomic mass is 10.2. The van der Waals surface area contributed by atoms with Crippen LogP contribution in [0, 0.1) is 4.77 Å². The van der Waals surface area contributed by atoms with E-state index in [0.29, 0.717) is 11.3 Å². The first-order valence-electron chi connectivity index (χ1n) is 5.30. The summed E-state index contributed by atoms with van der Waals surface area (Å²) in [5, 5.41) is 7.02. The Hall–Kier alpha value is -1.53. The molecule has 0 aliphatic heterocycles. The van der Waals surface area contributed by atoms with Crippen LogP contribution >= 0.6 is 12.2 Å². The molecular weight excluding hydrogens is 236 g/mol. The molecule has 0 aliphatic rings. The molecule has 1 N–H and O–H groups in total. The molecule has 0 saturated carbocycles. The molecule has 6 heteroatoms. The third-order valence-electron chi connectivity index (χ3n) is 2.52. The minimum Gasteiger partial charge on any atom is -0.380 e. The summed E-state index contributed by atoms with van der Waals surface area (Å²) in [6.07, 6.45) is 3.57. The topological polar surface area (TPSA) is 55.7 Å². The van der Waals surface area contributed by atoms with Gasteiger partial charge in [-0.3, -0.25) is 14.6 Å². The van der Waals surface area contributed by atoms with Crippen LogP contribution in [0.25, 0.3) is 11.4 Å². The average Bonchev–Trinajstić information content (AvgIpc) is 2.72. The number of ether oxygens (including phenoxy) is 1. The van der Waals surface area contributed by atoms with Crippen molar-refractivity contribution in [2.45, 2.75) is 19.6 Å². The summed E-state index contributed by atoms with van der Waals surface area (Å²) in [5.41, 5.74) is 0.933. The fourth-order valence-corrected chi connectivity index (χ4v) is 1.74. The number of H-pyrrole nitrogens is 1. The molecule has 0 saturated heterocycles. The summed E-state index contributed by atoms with van der Waals surface area (Å²) in [6, 6.07) is 3.82. The Labute approximate surface area is 104 Å². The van der Waals surface area contributed by atoms with Gasteiger partial charge in [0.2, 0.25) is 0 Å². The second-order valence-corrected chi connectivity index (χ2v) is 4.14. The van der Waals surface area contributed by atoms with E-state index in [1.165, 1.54) is 0 Å². The Morgan fingerprint density at radius 2 is 2.41 bits per heavy atom. The van der Waals surface area contributed by atoms with Gasteiger partial charge in [0.25, 0.3) is 0 Å². The molecular formula is C11H14N4OS. The van der Waals surface area contributed by atoms with Crippen LogP contribution in [0.3, 0.4) is 0 Å². The molecule has 0 spiro atoms. The van der Waals surface area contributed by atoms with Gasteiger partial charge >= 0.3 is 0 Å². The van der Waals surface area contributed by atoms with Crippen molar-refractivity contribution in [3.63, 3.8) is 0 Å². The molecule has 0 aliphatic carbocycles. The summed E-state index contributed by atoms with van der Waals surface area (Å²) in [4.78, 5) is 4.08. The SMILES string of the molecule is COC(C)Cn1c(-c2cccnc2)n[nH]c1=S. The number of hydrogen-bond acceptors (Lipinski definition) is 4. The molecule has 1 atom stereocenters. The second-order valence-electron chi connectivity index (χ2n) is 3.75. The first kappa shape index (κ1) is 11.9. The number of methoxy groups -OCH3 is 1. The lowest BCUT2D eigenvalue weighted by Gasteiger charge is -2.11. The van der Waals surface area contributed by atoms with E-state index >= 15 is 0 Å². The first-order valence-corrected chi connectivity index (χ1v) is 5.71. The Morgan fingerprint density at radius 1 is 1.59 bits per heavy atom. The molecule has 0 amide bonds. The normalized spacial score (nSPS) is 12.6. The van der Waals surface area contributed by atoms with Gasteiger partial charge in [-0.05, 0) is 31.3 Å². The largest absolute Gasteiger partial charge is 0.380 e. The van der Waals surface area contributed by atoms with Gasteiger partial charge in [-0.15, -0.1) is 0 Å². The highest BCUT2D eigenvalue weighted by Gasteiger charge is 2.11. The fraction of sp³-hybridized carbons (Fsp3) is 0.364. The summed E-state index contributed by atoms with van der Waals surface area (Å²) in [6.45, 7) is 2.65. The van der Waals surface area contributed by atoms with Gasteiger partial charge in [0, 0.05) is 25.1 Å². The predicted molar refractivity (Wildman–Crippen MR) is 67.1 cm³/mol. The fourth-order valence-electron chi connectivity index (χ4n) is 1.53. The maximum absolute atomic E-state index is 5.24. The monoisotopic (exact) mass is 250 g/mol. The van der Waals surface area contributed by atoms with Crippen molar-refractivity contribution >= 4 is 12.2 Å². The van der Waals surface area contributed by atoms with Crippen molar-refractivity contribution in [3.8, 4) is 11.4 Å². The minimum absolute atomic E-state index is 0.0784. The van der Waals surface area contributed by atoms with Crippen molar-refractivity contribution in [3.05, 3.63) is 29.3 Å². The van der Waals surface area contributed by atoms with E-state index in [0.717, 1.165) is 11.4 Å². The van der Waals surface area contributed by atoms with Gasteiger partial charge < -0.3 is 4.74 Å². The summed E-state index contributed by atoms with van der Waals surface area (Å²) >= 11 is 5.21. The molecule has 2 heterocycles. The van der Waals surface area contributed by atoms with E-state index in [4.69, 9.17) is 17.0 Å². The van der Waals surface area contributed by atoms with E-state index in [-0.39, 0.29) is 6.10 Å². The van der Waals surface area contributed by atoms with Crippen molar-refractivity contribution < 1.29 is 4.74 Å². The van der Waals surface area contributed by atoms with Crippen LogP contribution in [-0.2, 0) is 11.3 Å². The maximum atomic E-state index is 5.24. The lowest BCUT2D eigenvalue weighted by Crippen LogP contribution is -2.15. The molecule has 0 aromatic carbocycles. The van der Waals surface area contributed by atoms with Gasteiger partial charge in [-0.1, -0.05) is 0 Å².